The molecule has 0 radical (unpaired) electrons. The van der Waals surface area contributed by atoms with Crippen LogP contribution < -0.4 is 11.4 Å². The molecule has 0 aliphatic rings. The summed E-state index contributed by atoms with van der Waals surface area (Å²) in [5.74, 6) is -6.01. The van der Waals surface area contributed by atoms with Gasteiger partial charge in [-0.05, 0) is 36.4 Å². The molecule has 0 fully saturated rings. The SMILES string of the molecule is O=C(c1c(F)cccc1F)n1c(=O)on(-c2ccc(F)cc2)c1=O. The first-order chi connectivity index (χ1) is 11.4. The van der Waals surface area contributed by atoms with Crippen molar-refractivity contribution < 1.29 is 22.5 Å². The Morgan fingerprint density at radius 3 is 2.08 bits per heavy atom. The Morgan fingerprint density at radius 2 is 1.50 bits per heavy atom. The highest BCUT2D eigenvalue weighted by Crippen LogP contribution is 2.13. The highest BCUT2D eigenvalue weighted by Gasteiger charge is 2.25. The van der Waals surface area contributed by atoms with E-state index >= 15 is 0 Å². The second-order valence-corrected chi connectivity index (χ2v) is 4.65. The van der Waals surface area contributed by atoms with Crippen LogP contribution >= 0.6 is 0 Å². The molecule has 0 saturated carbocycles. The fraction of sp³-hybridized carbons (Fsp3) is 0. The Bertz CT molecular complexity index is 1030. The van der Waals surface area contributed by atoms with E-state index in [4.69, 9.17) is 0 Å². The van der Waals surface area contributed by atoms with Crippen LogP contribution in [-0.4, -0.2) is 15.2 Å². The minimum absolute atomic E-state index is 0.0425. The van der Waals surface area contributed by atoms with Crippen molar-refractivity contribution in [1.29, 1.82) is 0 Å². The number of rotatable bonds is 2. The number of hydrogen-bond acceptors (Lipinski definition) is 4. The van der Waals surface area contributed by atoms with Gasteiger partial charge in [0.05, 0.1) is 5.69 Å². The summed E-state index contributed by atoms with van der Waals surface area (Å²) in [6.07, 6.45) is 0. The molecule has 1 heterocycles. The van der Waals surface area contributed by atoms with E-state index in [1.807, 2.05) is 0 Å². The summed E-state index contributed by atoms with van der Waals surface area (Å²) in [6.45, 7) is 0. The first-order valence-electron chi connectivity index (χ1n) is 6.50. The van der Waals surface area contributed by atoms with Crippen molar-refractivity contribution in [3.05, 3.63) is 86.5 Å². The number of halogens is 3. The van der Waals surface area contributed by atoms with Crippen molar-refractivity contribution in [2.45, 2.75) is 0 Å². The lowest BCUT2D eigenvalue weighted by Gasteiger charge is -2.02. The number of aromatic nitrogens is 2. The minimum Gasteiger partial charge on any atom is -0.311 e. The molecule has 0 amide bonds. The average Bonchev–Trinajstić information content (AvgIpc) is 2.82. The van der Waals surface area contributed by atoms with E-state index in [9.17, 15) is 27.6 Å². The van der Waals surface area contributed by atoms with Gasteiger partial charge in [0.15, 0.2) is 0 Å². The molecule has 0 aliphatic heterocycles. The zero-order chi connectivity index (χ0) is 17.4. The summed E-state index contributed by atoms with van der Waals surface area (Å²) >= 11 is 0. The van der Waals surface area contributed by atoms with Gasteiger partial charge in [-0.25, -0.2) is 22.8 Å². The van der Waals surface area contributed by atoms with Crippen LogP contribution in [0, 0.1) is 17.5 Å². The third kappa shape index (κ3) is 2.45. The summed E-state index contributed by atoms with van der Waals surface area (Å²) in [4.78, 5) is 36.1. The quantitative estimate of drug-likeness (QED) is 0.714. The van der Waals surface area contributed by atoms with Crippen LogP contribution in [0.4, 0.5) is 13.2 Å². The highest BCUT2D eigenvalue weighted by atomic mass is 19.1. The van der Waals surface area contributed by atoms with Crippen molar-refractivity contribution in [3.63, 3.8) is 0 Å². The zero-order valence-electron chi connectivity index (χ0n) is 11.7. The summed E-state index contributed by atoms with van der Waals surface area (Å²) < 4.78 is 45.2. The van der Waals surface area contributed by atoms with Crippen molar-refractivity contribution >= 4 is 5.91 Å². The monoisotopic (exact) mass is 336 g/mol. The second-order valence-electron chi connectivity index (χ2n) is 4.65. The molecule has 9 heteroatoms. The molecule has 3 aromatic rings. The maximum absolute atomic E-state index is 13.7. The molecule has 0 bridgehead atoms. The lowest BCUT2D eigenvalue weighted by atomic mass is 10.2. The van der Waals surface area contributed by atoms with Gasteiger partial charge >= 0.3 is 11.4 Å². The minimum atomic E-state index is -1.51. The van der Waals surface area contributed by atoms with Crippen molar-refractivity contribution in [2.75, 3.05) is 0 Å². The molecule has 0 aliphatic carbocycles. The standard InChI is InChI=1S/C15H7F3N2O4/c16-8-4-6-9(7-5-8)20-14(22)19(15(23)24-20)13(21)12-10(17)2-1-3-11(12)18/h1-7H. The van der Waals surface area contributed by atoms with E-state index in [2.05, 4.69) is 4.52 Å². The Balaban J connectivity index is 2.17. The second kappa shape index (κ2) is 5.69. The zero-order valence-corrected chi connectivity index (χ0v) is 11.7. The van der Waals surface area contributed by atoms with Crippen LogP contribution in [0.25, 0.3) is 5.69 Å². The van der Waals surface area contributed by atoms with E-state index < -0.39 is 40.4 Å². The fourth-order valence-electron chi connectivity index (χ4n) is 2.05. The van der Waals surface area contributed by atoms with Gasteiger partial charge in [-0.15, -0.1) is 4.74 Å². The molecule has 1 aromatic heterocycles. The fourth-order valence-corrected chi connectivity index (χ4v) is 2.05. The molecule has 0 spiro atoms. The van der Waals surface area contributed by atoms with Crippen LogP contribution in [-0.2, 0) is 0 Å². The molecule has 2 aromatic carbocycles. The molecule has 0 saturated heterocycles. The van der Waals surface area contributed by atoms with E-state index in [0.29, 0.717) is 4.74 Å². The summed E-state index contributed by atoms with van der Waals surface area (Å²) in [6, 6.07) is 6.88. The Hall–Kier alpha value is -3.36. The molecule has 0 N–H and O–H groups in total. The first kappa shape index (κ1) is 15.5. The van der Waals surface area contributed by atoms with Gasteiger partial charge in [0.1, 0.15) is 23.0 Å². The largest absolute Gasteiger partial charge is 0.450 e. The van der Waals surface area contributed by atoms with Gasteiger partial charge in [-0.1, -0.05) is 6.07 Å². The highest BCUT2D eigenvalue weighted by molar-refractivity contribution is 5.96. The third-order valence-corrected chi connectivity index (χ3v) is 3.16. The van der Waals surface area contributed by atoms with Gasteiger partial charge in [0, 0.05) is 0 Å². The topological polar surface area (TPSA) is 74.2 Å². The van der Waals surface area contributed by atoms with E-state index in [0.717, 1.165) is 42.5 Å². The predicted octanol–water partition coefficient (Wildman–Crippen LogP) is 1.70. The van der Waals surface area contributed by atoms with E-state index in [1.165, 1.54) is 0 Å². The third-order valence-electron chi connectivity index (χ3n) is 3.16. The number of carbonyl (C=O) groups excluding carboxylic acids is 1. The Morgan fingerprint density at radius 1 is 0.917 bits per heavy atom. The number of nitrogens with zero attached hydrogens (tertiary/aromatic N) is 2. The lowest BCUT2D eigenvalue weighted by Crippen LogP contribution is -2.35. The molecule has 3 rings (SSSR count). The molecule has 6 nitrogen and oxygen atoms in total. The van der Waals surface area contributed by atoms with Crippen LogP contribution in [0.15, 0.2) is 56.6 Å². The van der Waals surface area contributed by atoms with E-state index in [1.54, 1.807) is 0 Å². The van der Waals surface area contributed by atoms with E-state index in [-0.39, 0.29) is 10.3 Å². The van der Waals surface area contributed by atoms with Crippen molar-refractivity contribution in [2.24, 2.45) is 0 Å². The van der Waals surface area contributed by atoms with Gasteiger partial charge in [0.2, 0.25) is 0 Å². The average molecular weight is 336 g/mol. The Labute approximate surface area is 130 Å². The molecule has 24 heavy (non-hydrogen) atoms. The maximum atomic E-state index is 13.7. The predicted molar refractivity (Wildman–Crippen MR) is 74.6 cm³/mol. The number of carbonyl (C=O) groups is 1. The molecule has 0 unspecified atom stereocenters. The normalized spacial score (nSPS) is 10.8. The van der Waals surface area contributed by atoms with Gasteiger partial charge in [-0.2, -0.15) is 4.57 Å². The van der Waals surface area contributed by atoms with Crippen molar-refractivity contribution in [1.82, 2.24) is 9.31 Å². The molecular weight excluding hydrogens is 329 g/mol. The number of benzene rings is 2. The molecule has 122 valence electrons. The molecular formula is C15H7F3N2O4. The van der Waals surface area contributed by atoms with Gasteiger partial charge in [0.25, 0.3) is 5.91 Å². The molecule has 0 atom stereocenters. The van der Waals surface area contributed by atoms with Crippen LogP contribution in [0.3, 0.4) is 0 Å². The Kier molecular flexibility index (Phi) is 3.68. The first-order valence-corrected chi connectivity index (χ1v) is 6.50. The van der Waals surface area contributed by atoms with Crippen molar-refractivity contribution in [3.8, 4) is 5.69 Å². The summed E-state index contributed by atoms with van der Waals surface area (Å²) in [5, 5.41) is 0. The van der Waals surface area contributed by atoms with Crippen LogP contribution in [0.1, 0.15) is 10.4 Å². The van der Waals surface area contributed by atoms with Gasteiger partial charge < -0.3 is 4.52 Å². The smallest absolute Gasteiger partial charge is 0.311 e. The van der Waals surface area contributed by atoms with Gasteiger partial charge in [-0.3, -0.25) is 4.79 Å². The lowest BCUT2D eigenvalue weighted by molar-refractivity contribution is 0.0940. The number of hydrogen-bond donors (Lipinski definition) is 0. The van der Waals surface area contributed by atoms with Crippen LogP contribution in [0.2, 0.25) is 0 Å². The maximum Gasteiger partial charge on any atom is 0.450 e. The summed E-state index contributed by atoms with van der Waals surface area (Å²) in [5.41, 5.74) is -2.39. The van der Waals surface area contributed by atoms with Crippen LogP contribution in [0.5, 0.6) is 0 Å². The summed E-state index contributed by atoms with van der Waals surface area (Å²) in [7, 11) is 0.